The number of carbonyl (C=O) groups is 6. The fraction of sp³-hybridized carbons (Fsp3) is 0.885. The third kappa shape index (κ3) is 25.1. The van der Waals surface area contributed by atoms with Crippen molar-refractivity contribution < 1.29 is 138 Å². The fourth-order valence-electron chi connectivity index (χ4n) is 9.71. The first kappa shape index (κ1) is 76.8. The zero-order chi connectivity index (χ0) is 64.9. The Balaban J connectivity index is 1.13. The van der Waals surface area contributed by atoms with Gasteiger partial charge in [0.25, 0.3) is 0 Å². The van der Waals surface area contributed by atoms with Crippen LogP contribution < -0.4 is 31.7 Å². The Kier molecular flexibility index (Phi) is 35.8. The van der Waals surface area contributed by atoms with Crippen LogP contribution in [0.1, 0.15) is 77.0 Å². The van der Waals surface area contributed by atoms with E-state index in [1.54, 1.807) is 0 Å². The van der Waals surface area contributed by atoms with E-state index in [2.05, 4.69) is 41.1 Å². The van der Waals surface area contributed by atoms with Crippen LogP contribution in [0.2, 0.25) is 0 Å². The summed E-state index contributed by atoms with van der Waals surface area (Å²) >= 11 is 0. The number of hydrogen-bond acceptors (Lipinski definition) is 29. The monoisotopic (exact) mass is 1300 g/mol. The Morgan fingerprint density at radius 3 is 0.966 bits per heavy atom. The molecule has 0 aliphatic carbocycles. The number of carbonyl (C=O) groups excluding carboxylic acids is 6. The number of aliphatic hydroxyl groups excluding tert-OH is 14. The molecule has 0 saturated carbocycles. The Hall–Kier alpha value is -3.67. The number of amides is 6. The van der Waals surface area contributed by atoms with Gasteiger partial charge in [0.2, 0.25) is 35.4 Å². The van der Waals surface area contributed by atoms with E-state index >= 15 is 0 Å². The van der Waals surface area contributed by atoms with Crippen molar-refractivity contribution in [1.82, 2.24) is 36.6 Å². The average molecular weight is 1300 g/mol. The molecule has 4 rings (SSSR count). The van der Waals surface area contributed by atoms with E-state index in [1.165, 1.54) is 4.90 Å². The van der Waals surface area contributed by atoms with Gasteiger partial charge >= 0.3 is 0 Å². The van der Waals surface area contributed by atoms with Gasteiger partial charge in [-0.15, -0.1) is 0 Å². The SMILES string of the molecule is O=C(CCCCCNC(=O)CN(CC(=O)NCCCCCC(=O)NCCO[C@H]1O[C@H](CO)[C@@H](O)[C@H](O)[C@@H]1O[C@H]1O[C@H](CO)[C@@H](O)[C@H](O)C1O)CC(=O)NCCCCCC(=O)NCCO[C@H]1O[C@H](CO)[C@@H](O)C(O)[C@@H]1O[C@H]1OC(CO)[C@@H](O)[C@H](O)C1O)NP. The van der Waals surface area contributed by atoms with Crippen LogP contribution in [0.25, 0.3) is 0 Å². The average Bonchev–Trinajstić information content (AvgIpc) is 1.57. The molecule has 21 atom stereocenters. The van der Waals surface area contributed by atoms with Gasteiger partial charge in [-0.1, -0.05) is 19.3 Å². The largest absolute Gasteiger partial charge is 0.394 e. The van der Waals surface area contributed by atoms with E-state index in [9.17, 15) is 100 Å². The van der Waals surface area contributed by atoms with Crippen molar-refractivity contribution in [3.63, 3.8) is 0 Å². The molecule has 510 valence electrons. The molecule has 4 fully saturated rings. The minimum Gasteiger partial charge on any atom is -0.394 e. The van der Waals surface area contributed by atoms with Crippen LogP contribution in [0.5, 0.6) is 0 Å². The predicted molar refractivity (Wildman–Crippen MR) is 299 cm³/mol. The molecule has 6 amide bonds. The molecule has 0 spiro atoms. The van der Waals surface area contributed by atoms with Gasteiger partial charge < -0.3 is 141 Å². The van der Waals surface area contributed by atoms with E-state index in [-0.39, 0.29) is 89.6 Å². The van der Waals surface area contributed by atoms with E-state index < -0.39 is 167 Å². The molecule has 35 nitrogen and oxygen atoms in total. The maximum absolute atomic E-state index is 13.1. The highest BCUT2D eigenvalue weighted by molar-refractivity contribution is 7.15. The van der Waals surface area contributed by atoms with Crippen molar-refractivity contribution in [2.24, 2.45) is 0 Å². The lowest BCUT2D eigenvalue weighted by atomic mass is 9.97. The maximum Gasteiger partial charge on any atom is 0.234 e. The second kappa shape index (κ2) is 41.0. The minimum absolute atomic E-state index is 0.0602. The summed E-state index contributed by atoms with van der Waals surface area (Å²) in [6, 6.07) is 0. The van der Waals surface area contributed by atoms with Crippen LogP contribution in [0.3, 0.4) is 0 Å². The molecule has 0 aromatic heterocycles. The number of rotatable bonds is 40. The predicted octanol–water partition coefficient (Wildman–Crippen LogP) is -10.3. The molecular formula is C52H94N7O28P. The van der Waals surface area contributed by atoms with Gasteiger partial charge in [-0.2, -0.15) is 0 Å². The topological polar surface area (TPSA) is 535 Å². The Labute approximate surface area is 510 Å². The lowest BCUT2D eigenvalue weighted by Crippen LogP contribution is -2.64. The van der Waals surface area contributed by atoms with Crippen LogP contribution in [-0.2, 0) is 66.7 Å². The summed E-state index contributed by atoms with van der Waals surface area (Å²) in [5.41, 5.74) is 0. The molecule has 5 unspecified atom stereocenters. The Morgan fingerprint density at radius 2 is 0.648 bits per heavy atom. The number of nitrogens with zero attached hydrogens (tertiary/aromatic N) is 1. The van der Waals surface area contributed by atoms with Crippen LogP contribution >= 0.6 is 9.39 Å². The van der Waals surface area contributed by atoms with Crippen molar-refractivity contribution >= 4 is 44.8 Å². The zero-order valence-corrected chi connectivity index (χ0v) is 50.1. The third-order valence-corrected chi connectivity index (χ3v) is 15.1. The van der Waals surface area contributed by atoms with Crippen molar-refractivity contribution in [3.8, 4) is 0 Å². The molecule has 36 heteroatoms. The summed E-state index contributed by atoms with van der Waals surface area (Å²) in [5.74, 6) is -2.19. The molecular weight excluding hydrogens is 1200 g/mol. The van der Waals surface area contributed by atoms with Crippen LogP contribution in [0.4, 0.5) is 0 Å². The van der Waals surface area contributed by atoms with Crippen LogP contribution in [-0.4, -0.2) is 327 Å². The number of aliphatic hydroxyl groups is 14. The lowest BCUT2D eigenvalue weighted by Gasteiger charge is -2.45. The lowest BCUT2D eigenvalue weighted by molar-refractivity contribution is -0.367. The van der Waals surface area contributed by atoms with Gasteiger partial charge in [0.1, 0.15) is 97.7 Å². The van der Waals surface area contributed by atoms with Crippen molar-refractivity contribution in [3.05, 3.63) is 0 Å². The smallest absolute Gasteiger partial charge is 0.234 e. The highest BCUT2D eigenvalue weighted by Gasteiger charge is 2.53. The third-order valence-electron chi connectivity index (χ3n) is 14.8. The molecule has 4 aliphatic heterocycles. The highest BCUT2D eigenvalue weighted by Crippen LogP contribution is 2.32. The molecule has 4 aliphatic rings. The maximum atomic E-state index is 13.1. The molecule has 4 saturated heterocycles. The second-order valence-corrected chi connectivity index (χ2v) is 21.9. The standard InChI is InChI=1S/C52H94N7O28P/c60-23-27-37(70)41(74)45(78)49(82-27)86-47-43(76)39(72)29(25-62)84-51(47)80-18-16-56-31(64)10-4-1-7-13-53-34(67)20-59(22-36(69)55-15-9-3-6-12-33(66)58-88)21-35(68)54-14-8-2-5-11-32(65)57-17-19-81-52-48(44(77)40(73)30(26-63)85-52)87-50-46(79)42(75)38(71)28(24-61)83-50/h27-30,37-52,60-63,70-79H,1-26,88H2,(H,53,67)(H,54,68)(H,55,69)(H,56,64)(H,57,65)(H,58,66)/t27-,28?,29-,30-,37-,38-,39-,40-,41+,42+,43+,44?,45?,46?,47+,48+,49-,50-,51+,52+/m1/s1. The van der Waals surface area contributed by atoms with E-state index in [4.69, 9.17) is 37.9 Å². The quantitative estimate of drug-likeness (QED) is 0.0200. The summed E-state index contributed by atoms with van der Waals surface area (Å²) in [6.07, 6.45) is -27.2. The van der Waals surface area contributed by atoms with Crippen molar-refractivity contribution in [2.75, 3.05) is 92.0 Å². The molecule has 0 bridgehead atoms. The molecule has 20 N–H and O–H groups in total. The first-order chi connectivity index (χ1) is 42.1. The van der Waals surface area contributed by atoms with Gasteiger partial charge in [0, 0.05) is 52.0 Å². The molecule has 0 radical (unpaired) electrons. The molecule has 0 aromatic rings. The van der Waals surface area contributed by atoms with E-state index in [0.29, 0.717) is 70.8 Å². The van der Waals surface area contributed by atoms with E-state index in [0.717, 1.165) is 0 Å². The highest BCUT2D eigenvalue weighted by atomic mass is 31.0. The fourth-order valence-corrected chi connectivity index (χ4v) is 9.85. The number of nitrogens with one attached hydrogen (secondary N) is 6. The summed E-state index contributed by atoms with van der Waals surface area (Å²) in [6.45, 7) is -3.68. The zero-order valence-electron chi connectivity index (χ0n) is 48.9. The minimum atomic E-state index is -1.85. The molecule has 0 aromatic carbocycles. The van der Waals surface area contributed by atoms with Crippen molar-refractivity contribution in [2.45, 2.75) is 200 Å². The van der Waals surface area contributed by atoms with Crippen LogP contribution in [0, 0.1) is 0 Å². The number of ether oxygens (including phenoxy) is 8. The summed E-state index contributed by atoms with van der Waals surface area (Å²) in [5, 5.41) is 158. The Bertz CT molecular complexity index is 1950. The van der Waals surface area contributed by atoms with Crippen LogP contribution in [0.15, 0.2) is 0 Å². The second-order valence-electron chi connectivity index (χ2n) is 21.6. The van der Waals surface area contributed by atoms with Gasteiger partial charge in [-0.3, -0.25) is 33.7 Å². The number of unbranched alkanes of at least 4 members (excludes halogenated alkanes) is 6. The normalized spacial score (nSPS) is 32.5. The van der Waals surface area contributed by atoms with Gasteiger partial charge in [0.15, 0.2) is 25.2 Å². The summed E-state index contributed by atoms with van der Waals surface area (Å²) in [7, 11) is 2.14. The van der Waals surface area contributed by atoms with Crippen molar-refractivity contribution in [1.29, 1.82) is 0 Å². The summed E-state index contributed by atoms with van der Waals surface area (Å²) in [4.78, 5) is 77.2. The number of hydrogen-bond donors (Lipinski definition) is 20. The first-order valence-corrected chi connectivity index (χ1v) is 30.1. The van der Waals surface area contributed by atoms with E-state index in [1.807, 2.05) is 0 Å². The van der Waals surface area contributed by atoms with Gasteiger partial charge in [0.05, 0.1) is 59.3 Å². The molecule has 88 heavy (non-hydrogen) atoms. The molecule has 4 heterocycles. The Morgan fingerprint density at radius 1 is 0.352 bits per heavy atom. The summed E-state index contributed by atoms with van der Waals surface area (Å²) < 4.78 is 44.4. The first-order valence-electron chi connectivity index (χ1n) is 29.5. The van der Waals surface area contributed by atoms with Gasteiger partial charge in [-0.05, 0) is 47.9 Å². The van der Waals surface area contributed by atoms with Gasteiger partial charge in [-0.25, -0.2) is 0 Å².